The summed E-state index contributed by atoms with van der Waals surface area (Å²) in [4.78, 5) is 87.7. The maximum Gasteiger partial charge on any atom is 0.312 e. The normalized spacial score (nSPS) is 14.9. The van der Waals surface area contributed by atoms with Gasteiger partial charge in [0.2, 0.25) is 17.7 Å². The van der Waals surface area contributed by atoms with Crippen molar-refractivity contribution in [3.63, 3.8) is 0 Å². The number of benzene rings is 1. The zero-order chi connectivity index (χ0) is 37.8. The molecule has 1 aromatic rings. The Morgan fingerprint density at radius 1 is 0.960 bits per heavy atom. The topological polar surface area (TPSA) is 260 Å². The lowest BCUT2D eigenvalue weighted by Gasteiger charge is -2.27. The van der Waals surface area contributed by atoms with Crippen LogP contribution in [0, 0.1) is 11.3 Å². The number of thiol groups is 1. The molecule has 0 aromatic heterocycles. The third-order valence-corrected chi connectivity index (χ3v) is 9.51. The van der Waals surface area contributed by atoms with Crippen molar-refractivity contribution in [3.05, 3.63) is 42.0 Å². The molecule has 2 rings (SSSR count). The molecule has 7 amide bonds. The number of carbonyl (C=O) groups is 7. The molecule has 0 saturated carbocycles. The van der Waals surface area contributed by atoms with Crippen LogP contribution in [0.4, 0.5) is 10.5 Å². The Labute approximate surface area is 295 Å². The number of urea groups is 1. The quantitative estimate of drug-likeness (QED) is 0.0333. The molecule has 1 aliphatic rings. The lowest BCUT2D eigenvalue weighted by atomic mass is 9.97. The van der Waals surface area contributed by atoms with Gasteiger partial charge in [-0.3, -0.25) is 38.2 Å². The van der Waals surface area contributed by atoms with E-state index in [0.717, 1.165) is 12.2 Å². The fourth-order valence-corrected chi connectivity index (χ4v) is 5.34. The number of anilines is 1. The predicted molar refractivity (Wildman–Crippen MR) is 184 cm³/mol. The molecule has 0 spiro atoms. The van der Waals surface area contributed by atoms with Crippen molar-refractivity contribution in [1.29, 1.82) is 0 Å². The van der Waals surface area contributed by atoms with Gasteiger partial charge in [0.15, 0.2) is 5.25 Å². The van der Waals surface area contributed by atoms with E-state index >= 15 is 0 Å². The molecule has 1 aliphatic heterocycles. The highest BCUT2D eigenvalue weighted by molar-refractivity contribution is 7.87. The van der Waals surface area contributed by atoms with Crippen molar-refractivity contribution in [2.24, 2.45) is 17.1 Å². The summed E-state index contributed by atoms with van der Waals surface area (Å²) in [6.45, 7) is 6.07. The van der Waals surface area contributed by atoms with Crippen LogP contribution in [0.3, 0.4) is 0 Å². The molecule has 7 N–H and O–H groups in total. The highest BCUT2D eigenvalue weighted by Crippen LogP contribution is 2.20. The fraction of sp³-hybridized carbons (Fsp3) is 0.516. The molecule has 0 radical (unpaired) electrons. The van der Waals surface area contributed by atoms with E-state index < -0.39 is 93.3 Å². The van der Waals surface area contributed by atoms with Gasteiger partial charge in [-0.05, 0) is 56.7 Å². The number of esters is 1. The van der Waals surface area contributed by atoms with Crippen molar-refractivity contribution < 1.29 is 51.3 Å². The Hall–Kier alpha value is -4.49. The number of amides is 7. The van der Waals surface area contributed by atoms with Crippen LogP contribution in [-0.4, -0.2) is 95.6 Å². The van der Waals surface area contributed by atoms with Gasteiger partial charge in [0, 0.05) is 36.7 Å². The smallest absolute Gasteiger partial charge is 0.312 e. The summed E-state index contributed by atoms with van der Waals surface area (Å²) in [6, 6.07) is 2.98. The zero-order valence-electron chi connectivity index (χ0n) is 28.1. The second-order valence-corrected chi connectivity index (χ2v) is 14.4. The van der Waals surface area contributed by atoms with Crippen molar-refractivity contribution >= 4 is 70.0 Å². The second kappa shape index (κ2) is 18.5. The maximum absolute atomic E-state index is 13.5. The van der Waals surface area contributed by atoms with Crippen molar-refractivity contribution in [1.82, 2.24) is 20.9 Å². The first kappa shape index (κ1) is 41.7. The van der Waals surface area contributed by atoms with Gasteiger partial charge in [0.25, 0.3) is 21.9 Å². The summed E-state index contributed by atoms with van der Waals surface area (Å²) in [7, 11) is -5.05. The number of carbonyl (C=O) groups excluding carboxylic acids is 7. The number of nitrogens with two attached hydrogens (primary N) is 1. The number of hydrogen-bond donors (Lipinski definition) is 7. The van der Waals surface area contributed by atoms with E-state index in [0.29, 0.717) is 21.9 Å². The van der Waals surface area contributed by atoms with Crippen molar-refractivity contribution in [2.75, 3.05) is 24.2 Å². The Bertz CT molecular complexity index is 1560. The Balaban J connectivity index is 2.16. The van der Waals surface area contributed by atoms with E-state index in [-0.39, 0.29) is 26.0 Å². The standard InChI is InChI=1S/C31H44N6O11S2/c1-18(2)25(36-27(41)22(50(45,46)47)13-15-37-23(38)11-12-24(37)39)28(42)35-21(6-5-14-33-30(32)44)26(40)34-20-9-7-19(8-10-20)16-48-29(43)31(3,4)17-49/h7-12,18,21-22,25,49H,5-6,13-17H2,1-4H3,(H,34,40)(H,35,42)(H,36,41)(H3,32,33,44)(H,45,46,47)/t21-,22+,25-/m0/s1. The van der Waals surface area contributed by atoms with E-state index in [1.165, 1.54) is 0 Å². The van der Waals surface area contributed by atoms with E-state index in [4.69, 9.17) is 10.5 Å². The van der Waals surface area contributed by atoms with Gasteiger partial charge in [0.1, 0.15) is 18.7 Å². The molecular formula is C31H44N6O11S2. The minimum Gasteiger partial charge on any atom is -0.460 e. The van der Waals surface area contributed by atoms with E-state index in [1.54, 1.807) is 52.0 Å². The minimum atomic E-state index is -5.05. The molecular weight excluding hydrogens is 697 g/mol. The predicted octanol–water partition coefficient (Wildman–Crippen LogP) is 0.270. The highest BCUT2D eigenvalue weighted by atomic mass is 32.2. The largest absolute Gasteiger partial charge is 0.460 e. The summed E-state index contributed by atoms with van der Waals surface area (Å²) in [5.74, 6) is -5.00. The molecule has 0 bridgehead atoms. The van der Waals surface area contributed by atoms with Crippen LogP contribution in [0.5, 0.6) is 0 Å². The molecule has 0 aliphatic carbocycles. The molecule has 50 heavy (non-hydrogen) atoms. The molecule has 276 valence electrons. The van der Waals surface area contributed by atoms with Gasteiger partial charge in [-0.2, -0.15) is 21.0 Å². The first-order chi connectivity index (χ1) is 23.3. The minimum absolute atomic E-state index is 0.00511. The van der Waals surface area contributed by atoms with Gasteiger partial charge in [-0.25, -0.2) is 4.79 Å². The van der Waals surface area contributed by atoms with Crippen LogP contribution in [0.25, 0.3) is 0 Å². The molecule has 0 unspecified atom stereocenters. The number of primary amides is 1. The second-order valence-electron chi connectivity index (χ2n) is 12.5. The number of rotatable bonds is 19. The molecule has 0 fully saturated rings. The average molecular weight is 741 g/mol. The van der Waals surface area contributed by atoms with Crippen molar-refractivity contribution in [3.8, 4) is 0 Å². The summed E-state index contributed by atoms with van der Waals surface area (Å²) >= 11 is 4.16. The molecule has 3 atom stereocenters. The zero-order valence-corrected chi connectivity index (χ0v) is 29.8. The molecule has 1 aromatic carbocycles. The summed E-state index contributed by atoms with van der Waals surface area (Å²) in [5.41, 5.74) is 5.31. The first-order valence-corrected chi connectivity index (χ1v) is 17.7. The third-order valence-electron chi connectivity index (χ3n) is 7.56. The van der Waals surface area contributed by atoms with E-state index in [1.807, 2.05) is 0 Å². The van der Waals surface area contributed by atoms with Crippen LogP contribution >= 0.6 is 12.6 Å². The van der Waals surface area contributed by atoms with Crippen LogP contribution in [-0.2, 0) is 50.2 Å². The third kappa shape index (κ3) is 12.8. The first-order valence-electron chi connectivity index (χ1n) is 15.6. The number of imide groups is 1. The SMILES string of the molecule is CC(C)[C@H](NC(=O)[C@@H](CCN1C(=O)C=CC1=O)S(=O)(=O)O)C(=O)N[C@@H](CCCNC(N)=O)C(=O)Nc1ccc(COC(=O)C(C)(C)CS)cc1. The average Bonchev–Trinajstić information content (AvgIpc) is 3.35. The van der Waals surface area contributed by atoms with E-state index in [2.05, 4.69) is 33.9 Å². The monoisotopic (exact) mass is 740 g/mol. The number of ether oxygens (including phenoxy) is 1. The summed E-state index contributed by atoms with van der Waals surface area (Å²) < 4.78 is 39.3. The molecule has 1 heterocycles. The number of nitrogens with one attached hydrogen (secondary N) is 4. The lowest BCUT2D eigenvalue weighted by molar-refractivity contribution is -0.154. The summed E-state index contributed by atoms with van der Waals surface area (Å²) in [6.07, 6.45) is 1.50. The Kier molecular flexibility index (Phi) is 15.4. The van der Waals surface area contributed by atoms with Gasteiger partial charge < -0.3 is 31.7 Å². The highest BCUT2D eigenvalue weighted by Gasteiger charge is 2.37. The van der Waals surface area contributed by atoms with Crippen LogP contribution < -0.4 is 27.0 Å². The summed E-state index contributed by atoms with van der Waals surface area (Å²) in [5, 5.41) is 7.77. The Morgan fingerprint density at radius 2 is 1.56 bits per heavy atom. The van der Waals surface area contributed by atoms with E-state index in [9.17, 15) is 46.5 Å². The number of hydrogen-bond acceptors (Lipinski definition) is 11. The van der Waals surface area contributed by atoms with Gasteiger partial charge in [-0.1, -0.05) is 26.0 Å². The van der Waals surface area contributed by atoms with Crippen LogP contribution in [0.1, 0.15) is 52.5 Å². The van der Waals surface area contributed by atoms with Gasteiger partial charge in [0.05, 0.1) is 5.41 Å². The van der Waals surface area contributed by atoms with Gasteiger partial charge in [-0.15, -0.1) is 0 Å². The maximum atomic E-state index is 13.5. The van der Waals surface area contributed by atoms with Gasteiger partial charge >= 0.3 is 12.0 Å². The Morgan fingerprint density at radius 3 is 2.08 bits per heavy atom. The molecule has 19 heteroatoms. The fourth-order valence-electron chi connectivity index (χ4n) is 4.46. The van der Waals surface area contributed by atoms with Crippen molar-refractivity contribution in [2.45, 2.75) is 70.9 Å². The molecule has 17 nitrogen and oxygen atoms in total. The van der Waals surface area contributed by atoms with Crippen LogP contribution in [0.2, 0.25) is 0 Å². The number of nitrogens with zero attached hydrogens (tertiary/aromatic N) is 1. The molecule has 0 saturated heterocycles. The lowest BCUT2D eigenvalue weighted by Crippen LogP contribution is -2.56. The van der Waals surface area contributed by atoms with Crippen LogP contribution in [0.15, 0.2) is 36.4 Å².